The van der Waals surface area contributed by atoms with Crippen LogP contribution in [0.1, 0.15) is 13.8 Å². The molecule has 2 N–H and O–H groups in total. The van der Waals surface area contributed by atoms with Gasteiger partial charge in [0.2, 0.25) is 0 Å². The molecule has 0 aromatic rings. The number of likely N-dealkylation sites (N-methyl/N-ethyl adjacent to an activating group) is 2. The monoisotopic (exact) mass is 186 g/mol. The van der Waals surface area contributed by atoms with Gasteiger partial charge < -0.3 is 10.4 Å². The largest absolute Gasteiger partial charge is 0.392 e. The molecule has 0 bridgehead atoms. The van der Waals surface area contributed by atoms with E-state index in [0.717, 1.165) is 25.2 Å². The maximum absolute atomic E-state index is 9.12. The van der Waals surface area contributed by atoms with Gasteiger partial charge in [-0.2, -0.15) is 0 Å². The summed E-state index contributed by atoms with van der Waals surface area (Å²) in [6.45, 7) is 11.2. The molecule has 0 aromatic heterocycles. The number of nitrogens with one attached hydrogen (secondary N) is 1. The van der Waals surface area contributed by atoms with Gasteiger partial charge in [0.25, 0.3) is 0 Å². The van der Waals surface area contributed by atoms with Crippen LogP contribution in [0.5, 0.6) is 0 Å². The maximum Gasteiger partial charge on any atom is 0.0639 e. The highest BCUT2D eigenvalue weighted by atomic mass is 16.3. The highest BCUT2D eigenvalue weighted by Gasteiger charge is 2.03. The van der Waals surface area contributed by atoms with Crippen LogP contribution in [-0.2, 0) is 0 Å². The van der Waals surface area contributed by atoms with Crippen LogP contribution in [0.3, 0.4) is 0 Å². The molecule has 0 heterocycles. The van der Waals surface area contributed by atoms with Crippen molar-refractivity contribution in [3.8, 4) is 0 Å². The van der Waals surface area contributed by atoms with Crippen LogP contribution in [0.2, 0.25) is 0 Å². The average Bonchev–Trinajstić information content (AvgIpc) is 1.98. The first-order chi connectivity index (χ1) is 6.06. The zero-order valence-electron chi connectivity index (χ0n) is 9.01. The first-order valence-corrected chi connectivity index (χ1v) is 4.80. The molecule has 0 aliphatic carbocycles. The van der Waals surface area contributed by atoms with Crippen molar-refractivity contribution < 1.29 is 5.11 Å². The third kappa shape index (κ3) is 7.96. The van der Waals surface area contributed by atoms with Gasteiger partial charge in [-0.15, -0.1) is 0 Å². The topological polar surface area (TPSA) is 35.5 Å². The SMILES string of the molecule is C=C(CNCC)CN(C)CC(C)O. The Morgan fingerprint density at radius 3 is 2.69 bits per heavy atom. The fourth-order valence-electron chi connectivity index (χ4n) is 1.26. The highest BCUT2D eigenvalue weighted by Crippen LogP contribution is 1.94. The van der Waals surface area contributed by atoms with Gasteiger partial charge >= 0.3 is 0 Å². The van der Waals surface area contributed by atoms with Crippen LogP contribution in [0.15, 0.2) is 12.2 Å². The van der Waals surface area contributed by atoms with Crippen LogP contribution in [0.4, 0.5) is 0 Å². The molecule has 0 saturated heterocycles. The summed E-state index contributed by atoms with van der Waals surface area (Å²) in [5.74, 6) is 0. The summed E-state index contributed by atoms with van der Waals surface area (Å²) >= 11 is 0. The molecule has 3 nitrogen and oxygen atoms in total. The Bertz CT molecular complexity index is 146. The molecule has 0 fully saturated rings. The number of hydrogen-bond donors (Lipinski definition) is 2. The molecule has 0 aliphatic rings. The van der Waals surface area contributed by atoms with Gasteiger partial charge in [-0.1, -0.05) is 13.5 Å². The Morgan fingerprint density at radius 2 is 2.23 bits per heavy atom. The van der Waals surface area contributed by atoms with Crippen molar-refractivity contribution in [2.75, 3.05) is 33.2 Å². The predicted octanol–water partition coefficient (Wildman–Crippen LogP) is 0.465. The second-order valence-corrected chi connectivity index (χ2v) is 3.58. The fourth-order valence-corrected chi connectivity index (χ4v) is 1.26. The van der Waals surface area contributed by atoms with Gasteiger partial charge in [-0.3, -0.25) is 4.90 Å². The van der Waals surface area contributed by atoms with Crippen LogP contribution in [0, 0.1) is 0 Å². The second-order valence-electron chi connectivity index (χ2n) is 3.58. The summed E-state index contributed by atoms with van der Waals surface area (Å²) in [7, 11) is 1.99. The van der Waals surface area contributed by atoms with Crippen molar-refractivity contribution in [3.05, 3.63) is 12.2 Å². The van der Waals surface area contributed by atoms with Crippen molar-refractivity contribution in [1.29, 1.82) is 0 Å². The molecule has 1 unspecified atom stereocenters. The molecule has 0 aromatic carbocycles. The molecule has 0 spiro atoms. The highest BCUT2D eigenvalue weighted by molar-refractivity contribution is 4.99. The van der Waals surface area contributed by atoms with Crippen molar-refractivity contribution in [2.24, 2.45) is 0 Å². The van der Waals surface area contributed by atoms with Gasteiger partial charge in [-0.05, 0) is 26.1 Å². The molecular weight excluding hydrogens is 164 g/mol. The first kappa shape index (κ1) is 12.6. The minimum Gasteiger partial charge on any atom is -0.392 e. The molecule has 0 amide bonds. The summed E-state index contributed by atoms with van der Waals surface area (Å²) in [4.78, 5) is 2.07. The molecular formula is C10H22N2O. The molecule has 0 aliphatic heterocycles. The number of aliphatic hydroxyl groups excluding tert-OH is 1. The Morgan fingerprint density at radius 1 is 1.62 bits per heavy atom. The van der Waals surface area contributed by atoms with E-state index in [4.69, 9.17) is 5.11 Å². The van der Waals surface area contributed by atoms with E-state index in [2.05, 4.69) is 23.7 Å². The van der Waals surface area contributed by atoms with Gasteiger partial charge in [0.1, 0.15) is 0 Å². The number of rotatable bonds is 7. The lowest BCUT2D eigenvalue weighted by Gasteiger charge is -2.19. The Hall–Kier alpha value is -0.380. The van der Waals surface area contributed by atoms with E-state index in [1.165, 1.54) is 0 Å². The third-order valence-corrected chi connectivity index (χ3v) is 1.69. The van der Waals surface area contributed by atoms with Gasteiger partial charge in [0, 0.05) is 19.6 Å². The summed E-state index contributed by atoms with van der Waals surface area (Å²) in [5.41, 5.74) is 1.16. The van der Waals surface area contributed by atoms with Crippen LogP contribution in [-0.4, -0.2) is 49.3 Å². The van der Waals surface area contributed by atoms with Gasteiger partial charge in [0.05, 0.1) is 6.10 Å². The van der Waals surface area contributed by atoms with Gasteiger partial charge in [-0.25, -0.2) is 0 Å². The Kier molecular flexibility index (Phi) is 6.86. The van der Waals surface area contributed by atoms with E-state index in [0.29, 0.717) is 6.54 Å². The average molecular weight is 186 g/mol. The standard InChI is InChI=1S/C10H22N2O/c1-5-11-6-9(2)7-12(4)8-10(3)13/h10-11,13H,2,5-8H2,1,3-4H3. The summed E-state index contributed by atoms with van der Waals surface area (Å²) in [5, 5.41) is 12.3. The van der Waals surface area contributed by atoms with E-state index in [1.807, 2.05) is 7.05 Å². The minimum absolute atomic E-state index is 0.267. The lowest BCUT2D eigenvalue weighted by Crippen LogP contribution is -2.31. The Labute approximate surface area is 81.4 Å². The van der Waals surface area contributed by atoms with Crippen LogP contribution >= 0.6 is 0 Å². The molecule has 13 heavy (non-hydrogen) atoms. The zero-order chi connectivity index (χ0) is 10.3. The van der Waals surface area contributed by atoms with E-state index in [1.54, 1.807) is 6.92 Å². The van der Waals surface area contributed by atoms with Crippen molar-refractivity contribution in [2.45, 2.75) is 20.0 Å². The Balaban J connectivity index is 3.53. The van der Waals surface area contributed by atoms with Crippen molar-refractivity contribution in [1.82, 2.24) is 10.2 Å². The van der Waals surface area contributed by atoms with Crippen LogP contribution in [0.25, 0.3) is 0 Å². The molecule has 0 saturated carbocycles. The van der Waals surface area contributed by atoms with Crippen LogP contribution < -0.4 is 5.32 Å². The normalized spacial score (nSPS) is 13.3. The van der Waals surface area contributed by atoms with E-state index >= 15 is 0 Å². The smallest absolute Gasteiger partial charge is 0.0639 e. The number of nitrogens with zero attached hydrogens (tertiary/aromatic N) is 1. The first-order valence-electron chi connectivity index (χ1n) is 4.80. The lowest BCUT2D eigenvalue weighted by molar-refractivity contribution is 0.146. The molecule has 0 radical (unpaired) electrons. The summed E-state index contributed by atoms with van der Waals surface area (Å²) in [6, 6.07) is 0. The second kappa shape index (κ2) is 7.06. The number of aliphatic hydroxyl groups is 1. The number of hydrogen-bond acceptors (Lipinski definition) is 3. The zero-order valence-corrected chi connectivity index (χ0v) is 9.01. The molecule has 3 heteroatoms. The molecule has 1 atom stereocenters. The van der Waals surface area contributed by atoms with Gasteiger partial charge in [0.15, 0.2) is 0 Å². The summed E-state index contributed by atoms with van der Waals surface area (Å²) < 4.78 is 0. The summed E-state index contributed by atoms with van der Waals surface area (Å²) in [6.07, 6.45) is -0.267. The van der Waals surface area contributed by atoms with E-state index in [-0.39, 0.29) is 6.10 Å². The lowest BCUT2D eigenvalue weighted by atomic mass is 10.2. The minimum atomic E-state index is -0.267. The quantitative estimate of drug-likeness (QED) is 0.567. The fraction of sp³-hybridized carbons (Fsp3) is 0.800. The van der Waals surface area contributed by atoms with Crippen molar-refractivity contribution >= 4 is 0 Å². The van der Waals surface area contributed by atoms with E-state index < -0.39 is 0 Å². The third-order valence-electron chi connectivity index (χ3n) is 1.69. The van der Waals surface area contributed by atoms with E-state index in [9.17, 15) is 0 Å². The predicted molar refractivity (Wildman–Crippen MR) is 56.9 cm³/mol. The molecule has 78 valence electrons. The maximum atomic E-state index is 9.12. The van der Waals surface area contributed by atoms with Crippen molar-refractivity contribution in [3.63, 3.8) is 0 Å². The molecule has 0 rings (SSSR count).